The first-order chi connectivity index (χ1) is 6.19. The van der Waals surface area contributed by atoms with Crippen molar-refractivity contribution < 1.29 is 4.39 Å². The van der Waals surface area contributed by atoms with Gasteiger partial charge >= 0.3 is 0 Å². The van der Waals surface area contributed by atoms with Crippen molar-refractivity contribution in [1.29, 1.82) is 0 Å². The molecule has 3 N–H and O–H groups in total. The van der Waals surface area contributed by atoms with Crippen molar-refractivity contribution in [2.24, 2.45) is 5.73 Å². The predicted molar refractivity (Wildman–Crippen MR) is 52.0 cm³/mol. The fraction of sp³-hybridized carbons (Fsp3) is 0.400. The molecule has 3 heteroatoms. The molecule has 13 heavy (non-hydrogen) atoms. The minimum absolute atomic E-state index is 0.0371. The van der Waals surface area contributed by atoms with Crippen LogP contribution in [0.15, 0.2) is 18.2 Å². The van der Waals surface area contributed by atoms with E-state index < -0.39 is 0 Å². The van der Waals surface area contributed by atoms with Gasteiger partial charge in [0.1, 0.15) is 5.82 Å². The van der Waals surface area contributed by atoms with E-state index in [9.17, 15) is 4.39 Å². The smallest absolute Gasteiger partial charge is 0.126 e. The summed E-state index contributed by atoms with van der Waals surface area (Å²) in [6.45, 7) is 2.22. The first-order valence-electron chi connectivity index (χ1n) is 4.32. The van der Waals surface area contributed by atoms with Gasteiger partial charge in [-0.3, -0.25) is 0 Å². The third-order valence-electron chi connectivity index (χ3n) is 2.18. The Morgan fingerprint density at radius 2 is 2.23 bits per heavy atom. The second-order valence-electron chi connectivity index (χ2n) is 3.09. The fourth-order valence-electron chi connectivity index (χ4n) is 1.25. The summed E-state index contributed by atoms with van der Waals surface area (Å²) in [6.07, 6.45) is 0. The highest BCUT2D eigenvalue weighted by atomic mass is 19.1. The zero-order valence-electron chi connectivity index (χ0n) is 7.97. The van der Waals surface area contributed by atoms with Crippen LogP contribution < -0.4 is 11.1 Å². The van der Waals surface area contributed by atoms with E-state index in [4.69, 9.17) is 5.73 Å². The zero-order valence-corrected chi connectivity index (χ0v) is 7.97. The Bertz CT molecular complexity index is 282. The van der Waals surface area contributed by atoms with E-state index in [1.54, 1.807) is 13.0 Å². The average molecular weight is 182 g/mol. The maximum Gasteiger partial charge on any atom is 0.126 e. The van der Waals surface area contributed by atoms with Crippen LogP contribution in [-0.4, -0.2) is 13.6 Å². The number of nitrogens with one attached hydrogen (secondary N) is 1. The molecule has 1 atom stereocenters. The molecule has 0 aliphatic heterocycles. The summed E-state index contributed by atoms with van der Waals surface area (Å²) < 4.78 is 13.1. The van der Waals surface area contributed by atoms with Crippen LogP contribution in [0, 0.1) is 12.7 Å². The lowest BCUT2D eigenvalue weighted by molar-refractivity contribution is 0.583. The molecule has 1 unspecified atom stereocenters. The molecule has 1 rings (SSSR count). The van der Waals surface area contributed by atoms with Crippen LogP contribution in [0.1, 0.15) is 17.2 Å². The van der Waals surface area contributed by atoms with Crippen molar-refractivity contribution >= 4 is 0 Å². The molecule has 0 saturated heterocycles. The van der Waals surface area contributed by atoms with Gasteiger partial charge in [0.15, 0.2) is 0 Å². The molecular weight excluding hydrogens is 167 g/mol. The zero-order chi connectivity index (χ0) is 9.84. The number of halogens is 1. The number of benzene rings is 1. The number of likely N-dealkylation sites (N-methyl/N-ethyl adjacent to an activating group) is 1. The number of hydrogen-bond donors (Lipinski definition) is 2. The Balaban J connectivity index is 2.95. The summed E-state index contributed by atoms with van der Waals surface area (Å²) in [5.41, 5.74) is 7.08. The van der Waals surface area contributed by atoms with E-state index in [1.165, 1.54) is 6.07 Å². The summed E-state index contributed by atoms with van der Waals surface area (Å²) in [6, 6.07) is 5.23. The minimum Gasteiger partial charge on any atom is -0.329 e. The first-order valence-corrected chi connectivity index (χ1v) is 4.32. The topological polar surface area (TPSA) is 38.0 Å². The van der Waals surface area contributed by atoms with Crippen LogP contribution in [0.25, 0.3) is 0 Å². The maximum absolute atomic E-state index is 13.1. The van der Waals surface area contributed by atoms with Crippen molar-refractivity contribution in [3.8, 4) is 0 Å². The van der Waals surface area contributed by atoms with E-state index in [2.05, 4.69) is 5.32 Å². The van der Waals surface area contributed by atoms with E-state index in [0.29, 0.717) is 12.1 Å². The lowest BCUT2D eigenvalue weighted by atomic mass is 10.1. The molecule has 0 aliphatic carbocycles. The summed E-state index contributed by atoms with van der Waals surface area (Å²) in [4.78, 5) is 0. The van der Waals surface area contributed by atoms with E-state index in [0.717, 1.165) is 5.56 Å². The Kier molecular flexibility index (Phi) is 3.39. The average Bonchev–Trinajstić information content (AvgIpc) is 2.13. The predicted octanol–water partition coefficient (Wildman–Crippen LogP) is 1.35. The van der Waals surface area contributed by atoms with Crippen molar-refractivity contribution in [1.82, 2.24) is 5.32 Å². The Morgan fingerprint density at radius 1 is 1.54 bits per heavy atom. The SMILES string of the molecule is CNC(CN)c1ccc(C)c(F)c1. The van der Waals surface area contributed by atoms with Crippen LogP contribution in [-0.2, 0) is 0 Å². The minimum atomic E-state index is -0.175. The number of hydrogen-bond acceptors (Lipinski definition) is 2. The molecular formula is C10H15FN2. The summed E-state index contributed by atoms with van der Waals surface area (Å²) in [5, 5.41) is 3.02. The van der Waals surface area contributed by atoms with Crippen LogP contribution in [0.2, 0.25) is 0 Å². The second-order valence-corrected chi connectivity index (χ2v) is 3.09. The van der Waals surface area contributed by atoms with Gasteiger partial charge in [0, 0.05) is 12.6 Å². The van der Waals surface area contributed by atoms with E-state index in [1.807, 2.05) is 13.1 Å². The molecule has 1 aromatic rings. The molecule has 0 aromatic heterocycles. The van der Waals surface area contributed by atoms with Crippen LogP contribution >= 0.6 is 0 Å². The van der Waals surface area contributed by atoms with Gasteiger partial charge in [-0.25, -0.2) is 4.39 Å². The summed E-state index contributed by atoms with van der Waals surface area (Å²) in [5.74, 6) is -0.175. The molecule has 0 saturated carbocycles. The molecule has 0 spiro atoms. The normalized spacial score (nSPS) is 12.9. The van der Waals surface area contributed by atoms with Gasteiger partial charge in [-0.1, -0.05) is 12.1 Å². The van der Waals surface area contributed by atoms with E-state index in [-0.39, 0.29) is 11.9 Å². The Morgan fingerprint density at radius 3 is 2.69 bits per heavy atom. The van der Waals surface area contributed by atoms with Crippen LogP contribution in [0.3, 0.4) is 0 Å². The van der Waals surface area contributed by atoms with Gasteiger partial charge in [0.25, 0.3) is 0 Å². The van der Waals surface area contributed by atoms with E-state index >= 15 is 0 Å². The molecule has 0 aliphatic rings. The molecule has 2 nitrogen and oxygen atoms in total. The van der Waals surface area contributed by atoms with Gasteiger partial charge in [-0.05, 0) is 31.2 Å². The van der Waals surface area contributed by atoms with Gasteiger partial charge < -0.3 is 11.1 Å². The van der Waals surface area contributed by atoms with Crippen LogP contribution in [0.4, 0.5) is 4.39 Å². The van der Waals surface area contributed by atoms with Gasteiger partial charge in [-0.15, -0.1) is 0 Å². The number of nitrogens with two attached hydrogens (primary N) is 1. The van der Waals surface area contributed by atoms with Crippen LogP contribution in [0.5, 0.6) is 0 Å². The number of aryl methyl sites for hydroxylation is 1. The quantitative estimate of drug-likeness (QED) is 0.740. The molecule has 0 heterocycles. The second kappa shape index (κ2) is 4.35. The highest BCUT2D eigenvalue weighted by Gasteiger charge is 2.08. The highest BCUT2D eigenvalue weighted by molar-refractivity contribution is 5.25. The Hall–Kier alpha value is -0.930. The standard InChI is InChI=1S/C10H15FN2/c1-7-3-4-8(5-9(7)11)10(6-12)13-2/h3-5,10,13H,6,12H2,1-2H3. The molecule has 0 bridgehead atoms. The first kappa shape index (κ1) is 10.2. The molecule has 72 valence electrons. The van der Waals surface area contributed by atoms with Crippen molar-refractivity contribution in [2.45, 2.75) is 13.0 Å². The lowest BCUT2D eigenvalue weighted by Crippen LogP contribution is -2.24. The molecule has 0 fully saturated rings. The third kappa shape index (κ3) is 2.26. The highest BCUT2D eigenvalue weighted by Crippen LogP contribution is 2.15. The third-order valence-corrected chi connectivity index (χ3v) is 2.18. The lowest BCUT2D eigenvalue weighted by Gasteiger charge is -2.14. The molecule has 1 aromatic carbocycles. The Labute approximate surface area is 77.9 Å². The van der Waals surface area contributed by atoms with Gasteiger partial charge in [-0.2, -0.15) is 0 Å². The maximum atomic E-state index is 13.1. The molecule has 0 radical (unpaired) electrons. The molecule has 0 amide bonds. The van der Waals surface area contributed by atoms with Gasteiger partial charge in [0.05, 0.1) is 0 Å². The monoisotopic (exact) mass is 182 g/mol. The largest absolute Gasteiger partial charge is 0.329 e. The van der Waals surface area contributed by atoms with Crippen molar-refractivity contribution in [3.63, 3.8) is 0 Å². The number of rotatable bonds is 3. The van der Waals surface area contributed by atoms with Crippen molar-refractivity contribution in [2.75, 3.05) is 13.6 Å². The van der Waals surface area contributed by atoms with Gasteiger partial charge in [0.2, 0.25) is 0 Å². The summed E-state index contributed by atoms with van der Waals surface area (Å²) in [7, 11) is 1.81. The fourth-order valence-corrected chi connectivity index (χ4v) is 1.25. The van der Waals surface area contributed by atoms with Crippen molar-refractivity contribution in [3.05, 3.63) is 35.1 Å². The summed E-state index contributed by atoms with van der Waals surface area (Å²) >= 11 is 0.